The average molecular weight is 329 g/mol. The first-order valence-electron chi connectivity index (χ1n) is 7.80. The normalized spacial score (nSPS) is 14.8. The van der Waals surface area contributed by atoms with E-state index in [1.165, 1.54) is 11.8 Å². The summed E-state index contributed by atoms with van der Waals surface area (Å²) in [7, 11) is 0. The number of rotatable bonds is 1. The molecule has 0 radical (unpaired) electrons. The maximum atomic E-state index is 13.2. The number of carbonyl (C=O) groups excluding carboxylic acids is 1. The van der Waals surface area contributed by atoms with Gasteiger partial charge in [0, 0.05) is 11.1 Å². The highest BCUT2D eigenvalue weighted by atomic mass is 32.2. The summed E-state index contributed by atoms with van der Waals surface area (Å²) in [6.07, 6.45) is 3.77. The first-order valence-corrected chi connectivity index (χ1v) is 8.61. The third-order valence-corrected chi connectivity index (χ3v) is 4.81. The van der Waals surface area contributed by atoms with E-state index in [2.05, 4.69) is 50.9 Å². The molecule has 3 rings (SSSR count). The highest BCUT2D eigenvalue weighted by Gasteiger charge is 2.38. The highest BCUT2D eigenvalue weighted by molar-refractivity contribution is 8.04. The van der Waals surface area contributed by atoms with Crippen LogP contribution in [0.5, 0.6) is 0 Å². The zero-order chi connectivity index (χ0) is 17.0. The molecule has 2 aromatic heterocycles. The molecule has 122 valence electrons. The minimum atomic E-state index is -0.250. The fraction of sp³-hybridized carbons (Fsp3) is 0.444. The molecular formula is C18H23N3OS. The lowest BCUT2D eigenvalue weighted by Crippen LogP contribution is -2.56. The Balaban J connectivity index is 2.05. The van der Waals surface area contributed by atoms with Gasteiger partial charge in [0.1, 0.15) is 5.65 Å². The molecule has 4 nitrogen and oxygen atoms in total. The Morgan fingerprint density at radius 1 is 1.13 bits per heavy atom. The molecule has 0 saturated heterocycles. The van der Waals surface area contributed by atoms with Crippen molar-refractivity contribution in [1.29, 1.82) is 0 Å². The fourth-order valence-electron chi connectivity index (χ4n) is 3.32. The van der Waals surface area contributed by atoms with Gasteiger partial charge in [0.25, 0.3) is 5.91 Å². The summed E-state index contributed by atoms with van der Waals surface area (Å²) in [5.41, 5.74) is 1.37. The third-order valence-electron chi connectivity index (χ3n) is 3.77. The molecular weight excluding hydrogens is 306 g/mol. The number of nitrogens with zero attached hydrogens (tertiary/aromatic N) is 3. The number of aromatic nitrogens is 2. The first kappa shape index (κ1) is 16.1. The quantitative estimate of drug-likeness (QED) is 0.786. The molecule has 0 unspecified atom stereocenters. The first-order chi connectivity index (χ1) is 10.6. The zero-order valence-electron chi connectivity index (χ0n) is 14.5. The molecule has 0 aliphatic carbocycles. The lowest BCUT2D eigenvalue weighted by molar-refractivity contribution is -0.137. The van der Waals surface area contributed by atoms with E-state index in [1.807, 2.05) is 35.4 Å². The van der Waals surface area contributed by atoms with Gasteiger partial charge in [0.05, 0.1) is 21.8 Å². The summed E-state index contributed by atoms with van der Waals surface area (Å²) in [6.45, 7) is 12.5. The highest BCUT2D eigenvalue weighted by Crippen LogP contribution is 2.38. The van der Waals surface area contributed by atoms with Gasteiger partial charge < -0.3 is 4.90 Å². The molecule has 23 heavy (non-hydrogen) atoms. The van der Waals surface area contributed by atoms with E-state index >= 15 is 0 Å². The summed E-state index contributed by atoms with van der Waals surface area (Å²) < 4.78 is 2.08. The van der Waals surface area contributed by atoms with Crippen LogP contribution in [0.3, 0.4) is 0 Å². The molecule has 1 aliphatic rings. The van der Waals surface area contributed by atoms with Gasteiger partial charge in [-0.15, -0.1) is 0 Å². The molecule has 0 saturated carbocycles. The lowest BCUT2D eigenvalue weighted by Gasteiger charge is -2.45. The van der Waals surface area contributed by atoms with E-state index < -0.39 is 0 Å². The van der Waals surface area contributed by atoms with Gasteiger partial charge in [0.15, 0.2) is 0 Å². The average Bonchev–Trinajstić information content (AvgIpc) is 2.80. The number of thioether (sulfide) groups is 1. The molecule has 1 aliphatic heterocycles. The van der Waals surface area contributed by atoms with Crippen molar-refractivity contribution < 1.29 is 4.79 Å². The molecule has 0 atom stereocenters. The minimum Gasteiger partial charge on any atom is -0.329 e. The number of carbonyl (C=O) groups is 1. The lowest BCUT2D eigenvalue weighted by atomic mass is 9.95. The molecule has 3 heterocycles. The third kappa shape index (κ3) is 2.78. The van der Waals surface area contributed by atoms with Crippen LogP contribution in [-0.4, -0.2) is 31.3 Å². The molecule has 2 aromatic rings. The summed E-state index contributed by atoms with van der Waals surface area (Å²) >= 11 is 1.52. The van der Waals surface area contributed by atoms with Gasteiger partial charge in [0.2, 0.25) is 0 Å². The monoisotopic (exact) mass is 329 g/mol. The number of hydrogen-bond donors (Lipinski definition) is 0. The van der Waals surface area contributed by atoms with Gasteiger partial charge in [-0.3, -0.25) is 9.20 Å². The predicted octanol–water partition coefficient (Wildman–Crippen LogP) is 4.21. The van der Waals surface area contributed by atoms with Crippen molar-refractivity contribution >= 4 is 29.4 Å². The number of hydrogen-bond acceptors (Lipinski definition) is 3. The molecule has 0 spiro atoms. The summed E-state index contributed by atoms with van der Waals surface area (Å²) in [5, 5.41) is 1.03. The topological polar surface area (TPSA) is 37.6 Å². The van der Waals surface area contributed by atoms with Crippen LogP contribution in [0.4, 0.5) is 0 Å². The van der Waals surface area contributed by atoms with Crippen LogP contribution in [0.1, 0.15) is 47.2 Å². The summed E-state index contributed by atoms with van der Waals surface area (Å²) in [5.74, 6) is 0.0689. The Morgan fingerprint density at radius 2 is 1.78 bits per heavy atom. The zero-order valence-corrected chi connectivity index (χ0v) is 15.4. The van der Waals surface area contributed by atoms with Gasteiger partial charge in [-0.05, 0) is 59.8 Å². The predicted molar refractivity (Wildman–Crippen MR) is 95.4 cm³/mol. The summed E-state index contributed by atoms with van der Waals surface area (Å²) in [6, 6.07) is 5.99. The van der Waals surface area contributed by atoms with E-state index in [0.717, 1.165) is 21.3 Å². The smallest absolute Gasteiger partial charge is 0.261 e. The minimum absolute atomic E-state index is 0.0689. The standard InChI is InChI=1S/C18H23N3OS/c1-17(2,3)21(18(4,5)6)16(22)13-10-12-11-19-14-8-7-9-15(23-13)20(12)14/h7-11H,1-6H3. The molecule has 0 N–H and O–H groups in total. The maximum absolute atomic E-state index is 13.2. The Bertz CT molecular complexity index is 792. The number of pyridine rings is 1. The number of amides is 1. The number of imidazole rings is 1. The second-order valence-electron chi connectivity index (χ2n) is 7.83. The van der Waals surface area contributed by atoms with Crippen LogP contribution in [0.15, 0.2) is 34.3 Å². The summed E-state index contributed by atoms with van der Waals surface area (Å²) in [4.78, 5) is 20.4. The van der Waals surface area contributed by atoms with Crippen molar-refractivity contribution in [3.05, 3.63) is 35.0 Å². The molecule has 0 fully saturated rings. The van der Waals surface area contributed by atoms with Gasteiger partial charge in [-0.1, -0.05) is 17.8 Å². The van der Waals surface area contributed by atoms with Crippen molar-refractivity contribution in [2.24, 2.45) is 0 Å². The van der Waals surface area contributed by atoms with Crippen LogP contribution in [0.25, 0.3) is 11.7 Å². The molecule has 0 aromatic carbocycles. The largest absolute Gasteiger partial charge is 0.329 e. The molecule has 5 heteroatoms. The van der Waals surface area contributed by atoms with Crippen molar-refractivity contribution in [1.82, 2.24) is 14.3 Å². The van der Waals surface area contributed by atoms with E-state index in [-0.39, 0.29) is 17.0 Å². The van der Waals surface area contributed by atoms with Crippen molar-refractivity contribution in [3.63, 3.8) is 0 Å². The van der Waals surface area contributed by atoms with Crippen LogP contribution in [0.2, 0.25) is 0 Å². The van der Waals surface area contributed by atoms with E-state index in [0.29, 0.717) is 0 Å². The fourth-order valence-corrected chi connectivity index (χ4v) is 4.34. The Labute approximate surface area is 141 Å². The second kappa shape index (κ2) is 5.13. The van der Waals surface area contributed by atoms with Crippen LogP contribution >= 0.6 is 11.8 Å². The van der Waals surface area contributed by atoms with Gasteiger partial charge in [-0.25, -0.2) is 4.98 Å². The Morgan fingerprint density at radius 3 is 2.39 bits per heavy atom. The second-order valence-corrected chi connectivity index (χ2v) is 8.90. The van der Waals surface area contributed by atoms with Crippen molar-refractivity contribution in [2.45, 2.75) is 57.6 Å². The Hall–Kier alpha value is -1.75. The van der Waals surface area contributed by atoms with Crippen molar-refractivity contribution in [3.8, 4) is 0 Å². The van der Waals surface area contributed by atoms with E-state index in [1.54, 1.807) is 0 Å². The SMILES string of the molecule is CC(C)(C)N(C(=O)C1=Cc2cnc3cccc(n23)S1)C(C)(C)C. The van der Waals surface area contributed by atoms with E-state index in [4.69, 9.17) is 0 Å². The van der Waals surface area contributed by atoms with Crippen LogP contribution in [-0.2, 0) is 4.79 Å². The molecule has 1 amide bonds. The van der Waals surface area contributed by atoms with Gasteiger partial charge in [-0.2, -0.15) is 0 Å². The van der Waals surface area contributed by atoms with Gasteiger partial charge >= 0.3 is 0 Å². The van der Waals surface area contributed by atoms with Crippen molar-refractivity contribution in [2.75, 3.05) is 0 Å². The van der Waals surface area contributed by atoms with E-state index in [9.17, 15) is 4.79 Å². The maximum Gasteiger partial charge on any atom is 0.261 e. The van der Waals surface area contributed by atoms with Crippen LogP contribution < -0.4 is 0 Å². The Kier molecular flexibility index (Phi) is 3.59. The molecule has 0 bridgehead atoms. The van der Waals surface area contributed by atoms with Crippen LogP contribution in [0, 0.1) is 0 Å².